The summed E-state index contributed by atoms with van der Waals surface area (Å²) in [5.74, 6) is -8.21. The van der Waals surface area contributed by atoms with Crippen LogP contribution in [0.25, 0.3) is 0 Å². The van der Waals surface area contributed by atoms with Gasteiger partial charge in [0.1, 0.15) is 49.0 Å². The molecule has 8 amide bonds. The molecule has 0 aliphatic carbocycles. The molecule has 0 unspecified atom stereocenters. The van der Waals surface area contributed by atoms with Gasteiger partial charge in [0.25, 0.3) is 20.0 Å². The summed E-state index contributed by atoms with van der Waals surface area (Å²) in [6, 6.07) is 13.9. The third-order valence-corrected chi connectivity index (χ3v) is 16.4. The maximum atomic E-state index is 14.4. The van der Waals surface area contributed by atoms with Gasteiger partial charge < -0.3 is 63.5 Å². The van der Waals surface area contributed by atoms with E-state index < -0.39 is 153 Å². The normalized spacial score (nSPS) is 15.4. The number of alkyl carbamates (subject to hydrolysis) is 1. The summed E-state index contributed by atoms with van der Waals surface area (Å²) >= 11 is 0. The van der Waals surface area contributed by atoms with Gasteiger partial charge in [0.2, 0.25) is 53.3 Å². The van der Waals surface area contributed by atoms with E-state index in [9.17, 15) is 60.0 Å². The van der Waals surface area contributed by atoms with Gasteiger partial charge in [-0.15, -0.1) is 0 Å². The number of likely N-dealkylation sites (tertiary alicyclic amines) is 1. The van der Waals surface area contributed by atoms with Gasteiger partial charge in [-0.1, -0.05) is 86.0 Å². The van der Waals surface area contributed by atoms with Crippen LogP contribution in [-0.4, -0.2) is 156 Å². The third-order valence-electron chi connectivity index (χ3n) is 13.7. The minimum atomic E-state index is -4.14. The maximum absolute atomic E-state index is 14.4. The van der Waals surface area contributed by atoms with Crippen molar-refractivity contribution in [1.82, 2.24) is 46.2 Å². The maximum Gasteiger partial charge on any atom is 0.408 e. The van der Waals surface area contributed by atoms with Crippen molar-refractivity contribution in [2.75, 3.05) is 32.7 Å². The number of hydrogen-bond donors (Lipinski definition) is 11. The van der Waals surface area contributed by atoms with Crippen molar-refractivity contribution in [3.05, 3.63) is 95.6 Å². The van der Waals surface area contributed by atoms with Crippen LogP contribution in [-0.2, 0) is 74.5 Å². The first-order valence-electron chi connectivity index (χ1n) is 28.9. The summed E-state index contributed by atoms with van der Waals surface area (Å²) in [5.41, 5.74) is 18.7. The summed E-state index contributed by atoms with van der Waals surface area (Å²) in [6.45, 7) is 10.3. The second-order valence-corrected chi connectivity index (χ2v) is 25.5. The van der Waals surface area contributed by atoms with Gasteiger partial charge in [-0.25, -0.2) is 31.1 Å². The Morgan fingerprint density at radius 1 is 0.652 bits per heavy atom. The number of nitrogens with two attached hydrogens (primary N) is 3. The lowest BCUT2D eigenvalue weighted by atomic mass is 9.96. The van der Waals surface area contributed by atoms with Crippen molar-refractivity contribution in [3.63, 3.8) is 0 Å². The first-order chi connectivity index (χ1) is 41.9. The van der Waals surface area contributed by atoms with E-state index in [1.54, 1.807) is 103 Å². The van der Waals surface area contributed by atoms with Gasteiger partial charge in [0, 0.05) is 26.1 Å². The van der Waals surface area contributed by atoms with E-state index in [0.717, 1.165) is 16.7 Å². The fourth-order valence-electron chi connectivity index (χ4n) is 8.71. The van der Waals surface area contributed by atoms with E-state index in [-0.39, 0.29) is 74.6 Å². The van der Waals surface area contributed by atoms with Crippen LogP contribution in [0.4, 0.5) is 4.79 Å². The number of hydrogen-bond acceptors (Lipinski definition) is 17. The van der Waals surface area contributed by atoms with Gasteiger partial charge in [-0.05, 0) is 115 Å². The fourth-order valence-corrected chi connectivity index (χ4v) is 10.6. The van der Waals surface area contributed by atoms with Crippen LogP contribution in [0.15, 0.2) is 98.6 Å². The zero-order valence-corrected chi connectivity index (χ0v) is 52.7. The van der Waals surface area contributed by atoms with Gasteiger partial charge in [0.05, 0.1) is 16.3 Å². The molecule has 0 spiro atoms. The predicted octanol–water partition coefficient (Wildman–Crippen LogP) is 0.376. The van der Waals surface area contributed by atoms with Gasteiger partial charge in [-0.3, -0.25) is 48.3 Å². The SMILES string of the molecule is CC[C@H](C)[C@H](NC(=O)[C@H](CCCN=C(N)NS(=O)(=O)c1ccc(C)cc1)NC(=O)OC(C)(C)C)C(=O)N[C@@H](CCC(N)=O)C(=O)N[C@@H](CCCN=C(N)NS(=O)(=O)c1ccc(C)cc1)C(=O)NCC(=O)N1CCC[C@H]1C(=O)NCC(=O)OCc1ccccc1. The number of benzene rings is 3. The highest BCUT2D eigenvalue weighted by Gasteiger charge is 2.37. The Balaban J connectivity index is 1.52. The molecule has 0 radical (unpaired) electrons. The molecule has 1 aliphatic rings. The lowest BCUT2D eigenvalue weighted by Gasteiger charge is -2.29. The molecule has 4 rings (SSSR count). The lowest BCUT2D eigenvalue weighted by molar-refractivity contribution is -0.146. The zero-order chi connectivity index (χ0) is 66.1. The number of guanidine groups is 2. The third kappa shape index (κ3) is 25.4. The standard InChI is InChI=1S/C58H84N14O15S2/c1-8-38(4)49(69-52(78)43(68-57(81)87-58(5,6)7)18-13-31-63-56(61)71-89(84,85)41-26-22-37(3)23-27-41)54(80)67-44(28-29-46(59)73)51(77)66-42(17-12-30-62-55(60)70-88(82,83)40-24-20-36(2)21-25-40)50(76)64-33-47(74)72-32-14-19-45(72)53(79)65-34-48(75)86-35-39-15-10-9-11-16-39/h9-11,15-16,20-27,38,42-45,49H,8,12-14,17-19,28-35H2,1-7H3,(H2,59,73)(H,64,76)(H,65,79)(H,66,77)(H,67,80)(H,68,81)(H,69,78)(H3,60,62,70)(H3,61,63,71)/t38-,42-,43-,44-,45-,49-/m0/s1. The second kappa shape index (κ2) is 34.6. The molecule has 6 atom stereocenters. The van der Waals surface area contributed by atoms with E-state index in [4.69, 9.17) is 26.7 Å². The van der Waals surface area contributed by atoms with Crippen LogP contribution in [0.5, 0.6) is 0 Å². The molecule has 3 aromatic carbocycles. The molecule has 0 bridgehead atoms. The highest BCUT2D eigenvalue weighted by molar-refractivity contribution is 7.90. The fraction of sp³-hybridized carbons (Fsp3) is 0.500. The average Bonchev–Trinajstić information content (AvgIpc) is 4.26. The van der Waals surface area contributed by atoms with E-state index in [2.05, 4.69) is 51.3 Å². The van der Waals surface area contributed by atoms with Crippen LogP contribution >= 0.6 is 0 Å². The molecule has 488 valence electrons. The number of aryl methyl sites for hydroxylation is 2. The van der Waals surface area contributed by atoms with E-state index in [1.165, 1.54) is 29.2 Å². The van der Waals surface area contributed by atoms with Gasteiger partial charge in [-0.2, -0.15) is 0 Å². The first kappa shape index (κ1) is 72.6. The molecule has 29 nitrogen and oxygen atoms in total. The Morgan fingerprint density at radius 2 is 1.16 bits per heavy atom. The number of aliphatic imine (C=N–C) groups is 2. The molecule has 3 aromatic rings. The molecule has 0 saturated carbocycles. The van der Waals surface area contributed by atoms with Crippen LogP contribution in [0.2, 0.25) is 0 Å². The summed E-state index contributed by atoms with van der Waals surface area (Å²) in [4.78, 5) is 131. The summed E-state index contributed by atoms with van der Waals surface area (Å²) in [6.07, 6.45) is -1.31. The van der Waals surface area contributed by atoms with E-state index >= 15 is 0 Å². The van der Waals surface area contributed by atoms with Crippen molar-refractivity contribution in [2.24, 2.45) is 33.1 Å². The number of nitrogens with zero attached hydrogens (tertiary/aromatic N) is 3. The Hall–Kier alpha value is -8.87. The molecule has 31 heteroatoms. The number of amides is 8. The summed E-state index contributed by atoms with van der Waals surface area (Å²) < 4.78 is 66.7. The van der Waals surface area contributed by atoms with Crippen molar-refractivity contribution in [1.29, 1.82) is 0 Å². The molecule has 1 aliphatic heterocycles. The molecule has 1 heterocycles. The van der Waals surface area contributed by atoms with Crippen LogP contribution in [0, 0.1) is 19.8 Å². The van der Waals surface area contributed by atoms with E-state index in [0.29, 0.717) is 6.42 Å². The largest absolute Gasteiger partial charge is 0.460 e. The minimum absolute atomic E-state index is 0.0198. The van der Waals surface area contributed by atoms with Gasteiger partial charge in [0.15, 0.2) is 0 Å². The molecule has 14 N–H and O–H groups in total. The number of ether oxygens (including phenoxy) is 2. The van der Waals surface area contributed by atoms with E-state index in [1.807, 2.05) is 0 Å². The topological polar surface area (TPSA) is 443 Å². The number of sulfonamides is 2. The molecule has 89 heavy (non-hydrogen) atoms. The van der Waals surface area contributed by atoms with Crippen molar-refractivity contribution in [3.8, 4) is 0 Å². The Labute approximate surface area is 518 Å². The number of esters is 1. The predicted molar refractivity (Wildman–Crippen MR) is 328 cm³/mol. The lowest BCUT2D eigenvalue weighted by Crippen LogP contribution is -2.60. The van der Waals surface area contributed by atoms with Crippen LogP contribution < -0.4 is 58.5 Å². The Bertz CT molecular complexity index is 3240. The number of primary amides is 1. The Kier molecular flexibility index (Phi) is 28.2. The molecule has 1 fully saturated rings. The van der Waals surface area contributed by atoms with Gasteiger partial charge >= 0.3 is 12.1 Å². The highest BCUT2D eigenvalue weighted by Crippen LogP contribution is 2.19. The summed E-state index contributed by atoms with van der Waals surface area (Å²) in [7, 11) is -8.23. The number of carbonyl (C=O) groups excluding carboxylic acids is 9. The quantitative estimate of drug-likeness (QED) is 0.0174. The number of carbonyl (C=O) groups is 9. The summed E-state index contributed by atoms with van der Waals surface area (Å²) in [5, 5.41) is 15.3. The monoisotopic (exact) mass is 1280 g/mol. The molecule has 0 aromatic heterocycles. The Morgan fingerprint density at radius 3 is 1.67 bits per heavy atom. The molecule has 1 saturated heterocycles. The average molecular weight is 1280 g/mol. The van der Waals surface area contributed by atoms with Crippen LogP contribution in [0.3, 0.4) is 0 Å². The van der Waals surface area contributed by atoms with Crippen molar-refractivity contribution < 1.29 is 69.5 Å². The van der Waals surface area contributed by atoms with Crippen molar-refractivity contribution >= 4 is 85.4 Å². The highest BCUT2D eigenvalue weighted by atomic mass is 32.2. The second-order valence-electron chi connectivity index (χ2n) is 22.2. The van der Waals surface area contributed by atoms with Crippen molar-refractivity contribution in [2.45, 2.75) is 158 Å². The smallest absolute Gasteiger partial charge is 0.408 e. The zero-order valence-electron chi connectivity index (χ0n) is 51.1. The molecular weight excluding hydrogens is 1200 g/mol. The number of rotatable bonds is 32. The van der Waals surface area contributed by atoms with Crippen LogP contribution in [0.1, 0.15) is 109 Å². The first-order valence-corrected chi connectivity index (χ1v) is 31.9. The number of nitrogens with one attached hydrogen (secondary N) is 8. The molecular formula is C58H84N14O15S2. The minimum Gasteiger partial charge on any atom is -0.460 e.